The van der Waals surface area contributed by atoms with E-state index in [4.69, 9.17) is 15.7 Å². The molecular formula is C11H10N4OS. The lowest BCUT2D eigenvalue weighted by Gasteiger charge is -2.03. The Labute approximate surface area is 103 Å². The standard InChI is InChI=1S/C11H10N4OS/c1-2-10-14-11(17-15-10)16-9-4-3-8(13)5-7(9)6-12/h3-5H,2,13H2,1H3. The third kappa shape index (κ3) is 2.52. The van der Waals surface area contributed by atoms with E-state index in [0.717, 1.165) is 12.2 Å². The Morgan fingerprint density at radius 2 is 2.35 bits per heavy atom. The average molecular weight is 246 g/mol. The van der Waals surface area contributed by atoms with Crippen LogP contribution in [0.1, 0.15) is 18.3 Å². The van der Waals surface area contributed by atoms with Crippen molar-refractivity contribution in [2.75, 3.05) is 5.73 Å². The fraction of sp³-hybridized carbons (Fsp3) is 0.182. The first-order valence-corrected chi connectivity index (χ1v) is 5.80. The first-order chi connectivity index (χ1) is 8.22. The highest BCUT2D eigenvalue weighted by Crippen LogP contribution is 2.27. The molecule has 0 bridgehead atoms. The molecule has 0 amide bonds. The van der Waals surface area contributed by atoms with Crippen LogP contribution in [0, 0.1) is 11.3 Å². The van der Waals surface area contributed by atoms with Crippen molar-refractivity contribution >= 4 is 17.2 Å². The Morgan fingerprint density at radius 3 is 3.00 bits per heavy atom. The molecule has 86 valence electrons. The van der Waals surface area contributed by atoms with Crippen LogP contribution in [0.15, 0.2) is 18.2 Å². The monoisotopic (exact) mass is 246 g/mol. The van der Waals surface area contributed by atoms with Gasteiger partial charge in [0.2, 0.25) is 0 Å². The smallest absolute Gasteiger partial charge is 0.298 e. The molecular weight excluding hydrogens is 236 g/mol. The van der Waals surface area contributed by atoms with Gasteiger partial charge in [-0.1, -0.05) is 6.92 Å². The highest BCUT2D eigenvalue weighted by Gasteiger charge is 2.08. The number of benzene rings is 1. The number of ether oxygens (including phenoxy) is 1. The number of hydrogen-bond donors (Lipinski definition) is 1. The third-order valence-corrected chi connectivity index (χ3v) is 2.72. The molecule has 2 rings (SSSR count). The second-order valence-corrected chi connectivity index (χ2v) is 4.01. The first kappa shape index (κ1) is 11.4. The summed E-state index contributed by atoms with van der Waals surface area (Å²) < 4.78 is 9.61. The van der Waals surface area contributed by atoms with E-state index < -0.39 is 0 Å². The molecule has 0 unspecified atom stereocenters. The van der Waals surface area contributed by atoms with E-state index in [2.05, 4.69) is 9.36 Å². The molecule has 1 aromatic heterocycles. The van der Waals surface area contributed by atoms with Crippen molar-refractivity contribution in [3.63, 3.8) is 0 Å². The van der Waals surface area contributed by atoms with Gasteiger partial charge in [0.1, 0.15) is 17.6 Å². The quantitative estimate of drug-likeness (QED) is 0.840. The highest BCUT2D eigenvalue weighted by atomic mass is 32.1. The number of hydrogen-bond acceptors (Lipinski definition) is 6. The fourth-order valence-electron chi connectivity index (χ4n) is 1.24. The molecule has 1 aromatic carbocycles. The third-order valence-electron chi connectivity index (χ3n) is 2.09. The number of anilines is 1. The van der Waals surface area contributed by atoms with E-state index in [1.165, 1.54) is 11.5 Å². The lowest BCUT2D eigenvalue weighted by Crippen LogP contribution is -1.91. The van der Waals surface area contributed by atoms with Crippen LogP contribution in [0.4, 0.5) is 5.69 Å². The predicted molar refractivity (Wildman–Crippen MR) is 64.9 cm³/mol. The number of nitrogen functional groups attached to an aromatic ring is 1. The number of rotatable bonds is 3. The zero-order valence-electron chi connectivity index (χ0n) is 9.17. The number of nitrogens with two attached hydrogens (primary N) is 1. The van der Waals surface area contributed by atoms with Crippen LogP contribution in [0.3, 0.4) is 0 Å². The molecule has 5 nitrogen and oxygen atoms in total. The summed E-state index contributed by atoms with van der Waals surface area (Å²) in [7, 11) is 0. The van der Waals surface area contributed by atoms with Gasteiger partial charge in [-0.25, -0.2) is 0 Å². The molecule has 0 aliphatic carbocycles. The molecule has 2 aromatic rings. The van der Waals surface area contributed by atoms with Crippen molar-refractivity contribution in [1.29, 1.82) is 5.26 Å². The maximum absolute atomic E-state index is 8.95. The summed E-state index contributed by atoms with van der Waals surface area (Å²) in [5.74, 6) is 1.18. The molecule has 0 atom stereocenters. The minimum Gasteiger partial charge on any atom is -0.428 e. The highest BCUT2D eigenvalue weighted by molar-refractivity contribution is 7.07. The SMILES string of the molecule is CCc1nsc(Oc2ccc(N)cc2C#N)n1. The van der Waals surface area contributed by atoms with Crippen LogP contribution in [0.5, 0.6) is 10.9 Å². The Balaban J connectivity index is 2.27. The van der Waals surface area contributed by atoms with Gasteiger partial charge in [-0.3, -0.25) is 0 Å². The van der Waals surface area contributed by atoms with E-state index in [0.29, 0.717) is 22.2 Å². The van der Waals surface area contributed by atoms with Gasteiger partial charge in [0.25, 0.3) is 5.19 Å². The van der Waals surface area contributed by atoms with Gasteiger partial charge in [0.05, 0.1) is 5.56 Å². The van der Waals surface area contributed by atoms with Crippen molar-refractivity contribution in [1.82, 2.24) is 9.36 Å². The Kier molecular flexibility index (Phi) is 3.21. The number of nitriles is 1. The number of nitrogens with zero attached hydrogens (tertiary/aromatic N) is 3. The Bertz CT molecular complexity index is 573. The summed E-state index contributed by atoms with van der Waals surface area (Å²) in [5, 5.41) is 9.39. The normalized spacial score (nSPS) is 9.88. The average Bonchev–Trinajstić information content (AvgIpc) is 2.79. The Morgan fingerprint density at radius 1 is 1.53 bits per heavy atom. The van der Waals surface area contributed by atoms with E-state index in [9.17, 15) is 0 Å². The summed E-state index contributed by atoms with van der Waals surface area (Å²) in [4.78, 5) is 4.17. The van der Waals surface area contributed by atoms with Gasteiger partial charge in [0.15, 0.2) is 0 Å². The minimum absolute atomic E-state index is 0.387. The zero-order valence-corrected chi connectivity index (χ0v) is 9.99. The van der Waals surface area contributed by atoms with Crippen LogP contribution in [-0.4, -0.2) is 9.36 Å². The summed E-state index contributed by atoms with van der Waals surface area (Å²) in [6.07, 6.45) is 0.757. The second kappa shape index (κ2) is 4.80. The van der Waals surface area contributed by atoms with Gasteiger partial charge in [0, 0.05) is 23.6 Å². The zero-order chi connectivity index (χ0) is 12.3. The molecule has 1 heterocycles. The van der Waals surface area contributed by atoms with Gasteiger partial charge in [-0.05, 0) is 18.2 Å². The largest absolute Gasteiger partial charge is 0.428 e. The fourth-order valence-corrected chi connectivity index (χ4v) is 1.87. The lowest BCUT2D eigenvalue weighted by atomic mass is 10.2. The van der Waals surface area contributed by atoms with Crippen LogP contribution >= 0.6 is 11.5 Å². The summed E-state index contributed by atoms with van der Waals surface area (Å²) in [6, 6.07) is 6.93. The van der Waals surface area contributed by atoms with Crippen LogP contribution in [-0.2, 0) is 6.42 Å². The summed E-state index contributed by atoms with van der Waals surface area (Å²) >= 11 is 1.17. The first-order valence-electron chi connectivity index (χ1n) is 5.03. The second-order valence-electron chi connectivity index (χ2n) is 3.30. The maximum Gasteiger partial charge on any atom is 0.298 e. The van der Waals surface area contributed by atoms with Gasteiger partial charge >= 0.3 is 0 Å². The molecule has 17 heavy (non-hydrogen) atoms. The van der Waals surface area contributed by atoms with Crippen molar-refractivity contribution in [3.8, 4) is 17.0 Å². The number of aromatic nitrogens is 2. The molecule has 0 fully saturated rings. The minimum atomic E-state index is 0.387. The van der Waals surface area contributed by atoms with Crippen molar-refractivity contribution in [2.24, 2.45) is 0 Å². The molecule has 2 N–H and O–H groups in total. The molecule has 0 aliphatic rings. The van der Waals surface area contributed by atoms with Crippen molar-refractivity contribution < 1.29 is 4.74 Å². The Hall–Kier alpha value is -2.13. The van der Waals surface area contributed by atoms with Crippen molar-refractivity contribution in [2.45, 2.75) is 13.3 Å². The number of aryl methyl sites for hydroxylation is 1. The predicted octanol–water partition coefficient (Wildman–Crippen LogP) is 2.35. The lowest BCUT2D eigenvalue weighted by molar-refractivity contribution is 0.476. The van der Waals surface area contributed by atoms with Gasteiger partial charge in [-0.15, -0.1) is 0 Å². The van der Waals surface area contributed by atoms with E-state index in [1.54, 1.807) is 18.2 Å². The molecule has 0 radical (unpaired) electrons. The molecule has 6 heteroatoms. The molecule has 0 saturated carbocycles. The van der Waals surface area contributed by atoms with Crippen LogP contribution in [0.2, 0.25) is 0 Å². The molecule has 0 aliphatic heterocycles. The van der Waals surface area contributed by atoms with Crippen molar-refractivity contribution in [3.05, 3.63) is 29.6 Å². The van der Waals surface area contributed by atoms with Gasteiger partial charge < -0.3 is 10.5 Å². The van der Waals surface area contributed by atoms with E-state index in [-0.39, 0.29) is 0 Å². The van der Waals surface area contributed by atoms with Crippen LogP contribution in [0.25, 0.3) is 0 Å². The molecule has 0 saturated heterocycles. The summed E-state index contributed by atoms with van der Waals surface area (Å²) in [6.45, 7) is 1.97. The van der Waals surface area contributed by atoms with Crippen LogP contribution < -0.4 is 10.5 Å². The summed E-state index contributed by atoms with van der Waals surface area (Å²) in [5.41, 5.74) is 6.51. The van der Waals surface area contributed by atoms with E-state index in [1.807, 2.05) is 13.0 Å². The topological polar surface area (TPSA) is 84.8 Å². The molecule has 0 spiro atoms. The van der Waals surface area contributed by atoms with Gasteiger partial charge in [-0.2, -0.15) is 14.6 Å². The van der Waals surface area contributed by atoms with E-state index >= 15 is 0 Å². The maximum atomic E-state index is 8.95.